The van der Waals surface area contributed by atoms with Gasteiger partial charge in [0.15, 0.2) is 11.9 Å². The molecule has 7 heteroatoms. The van der Waals surface area contributed by atoms with Gasteiger partial charge in [-0.15, -0.1) is 11.6 Å². The minimum atomic E-state index is -1.59. The molecular weight excluding hydrogens is 336 g/mol. The summed E-state index contributed by atoms with van der Waals surface area (Å²) >= 11 is 5.78. The molecule has 0 unspecified atom stereocenters. The summed E-state index contributed by atoms with van der Waals surface area (Å²) in [6, 6.07) is 5.04. The van der Waals surface area contributed by atoms with Crippen molar-refractivity contribution in [1.82, 2.24) is 0 Å². The van der Waals surface area contributed by atoms with Crippen molar-refractivity contribution in [3.63, 3.8) is 0 Å². The summed E-state index contributed by atoms with van der Waals surface area (Å²) in [5.74, 6) is -4.50. The van der Waals surface area contributed by atoms with Crippen molar-refractivity contribution >= 4 is 17.4 Å². The maximum absolute atomic E-state index is 13.9. The first-order valence-electron chi connectivity index (χ1n) is 6.57. The van der Waals surface area contributed by atoms with Crippen LogP contribution in [0.25, 0.3) is 0 Å². The van der Waals surface area contributed by atoms with E-state index in [1.54, 1.807) is 0 Å². The zero-order valence-corrected chi connectivity index (χ0v) is 12.2. The normalized spacial score (nSPS) is 22.9. The number of halogens is 5. The minimum Gasteiger partial charge on any atom is -0.351 e. The molecule has 120 valence electrons. The highest BCUT2D eigenvalue weighted by Gasteiger charge is 2.62. The van der Waals surface area contributed by atoms with Crippen LogP contribution in [0.2, 0.25) is 0 Å². The third-order valence-corrected chi connectivity index (χ3v) is 4.11. The number of hydrogen-bond donors (Lipinski definition) is 0. The lowest BCUT2D eigenvalue weighted by atomic mass is 9.92. The highest BCUT2D eigenvalue weighted by Crippen LogP contribution is 2.49. The molecule has 1 heterocycles. The standard InChI is InChI=1S/C16H9ClF4O2/c17-7-16(11-6-9(19)2-4-13(11)21)15(23-16)14(22)10-5-8(18)1-3-12(10)20/h1-6,15H,7H2/t15-,16+/m0/s1. The lowest BCUT2D eigenvalue weighted by Crippen LogP contribution is -2.23. The Morgan fingerprint density at radius 3 is 2.30 bits per heavy atom. The van der Waals surface area contributed by atoms with E-state index in [9.17, 15) is 22.4 Å². The number of hydrogen-bond acceptors (Lipinski definition) is 2. The van der Waals surface area contributed by atoms with Gasteiger partial charge in [-0.3, -0.25) is 4.79 Å². The van der Waals surface area contributed by atoms with E-state index < -0.39 is 46.3 Å². The Kier molecular flexibility index (Phi) is 3.90. The molecule has 1 fully saturated rings. The van der Waals surface area contributed by atoms with Gasteiger partial charge in [0.05, 0.1) is 11.4 Å². The number of ketones is 1. The lowest BCUT2D eigenvalue weighted by molar-refractivity contribution is 0.0949. The van der Waals surface area contributed by atoms with Crippen molar-refractivity contribution in [1.29, 1.82) is 0 Å². The van der Waals surface area contributed by atoms with Gasteiger partial charge in [0.25, 0.3) is 0 Å². The van der Waals surface area contributed by atoms with Gasteiger partial charge in [-0.05, 0) is 36.4 Å². The molecule has 3 rings (SSSR count). The van der Waals surface area contributed by atoms with Crippen LogP contribution < -0.4 is 0 Å². The van der Waals surface area contributed by atoms with E-state index in [1.807, 2.05) is 0 Å². The molecule has 23 heavy (non-hydrogen) atoms. The fraction of sp³-hybridized carbons (Fsp3) is 0.188. The summed E-state index contributed by atoms with van der Waals surface area (Å²) in [5, 5.41) is 0. The largest absolute Gasteiger partial charge is 0.351 e. The van der Waals surface area contributed by atoms with Gasteiger partial charge in [-0.2, -0.15) is 0 Å². The van der Waals surface area contributed by atoms with Crippen molar-refractivity contribution < 1.29 is 27.1 Å². The summed E-state index contributed by atoms with van der Waals surface area (Å²) in [6.07, 6.45) is -1.31. The van der Waals surface area contributed by atoms with Gasteiger partial charge in [0.2, 0.25) is 0 Å². The molecule has 0 spiro atoms. The zero-order chi connectivity index (χ0) is 16.8. The van der Waals surface area contributed by atoms with E-state index in [2.05, 4.69) is 0 Å². The molecule has 0 aromatic heterocycles. The number of alkyl halides is 1. The maximum Gasteiger partial charge on any atom is 0.198 e. The first-order chi connectivity index (χ1) is 10.9. The third-order valence-electron chi connectivity index (χ3n) is 3.71. The SMILES string of the molecule is O=C(c1cc(F)ccc1F)[C@@H]1O[C@]1(CCl)c1cc(F)ccc1F. The number of carbonyl (C=O) groups excluding carboxylic acids is 1. The number of benzene rings is 2. The van der Waals surface area contributed by atoms with E-state index in [4.69, 9.17) is 16.3 Å². The molecule has 1 saturated heterocycles. The fourth-order valence-electron chi connectivity index (χ4n) is 2.47. The van der Waals surface area contributed by atoms with Gasteiger partial charge in [0, 0.05) is 5.56 Å². The molecule has 2 aromatic rings. The average molecular weight is 345 g/mol. The van der Waals surface area contributed by atoms with Crippen LogP contribution in [0.1, 0.15) is 15.9 Å². The second kappa shape index (κ2) is 5.62. The zero-order valence-electron chi connectivity index (χ0n) is 11.5. The van der Waals surface area contributed by atoms with Gasteiger partial charge < -0.3 is 4.74 Å². The summed E-state index contributed by atoms with van der Waals surface area (Å²) < 4.78 is 59.4. The van der Waals surface area contributed by atoms with E-state index in [0.29, 0.717) is 0 Å². The predicted octanol–water partition coefficient (Wildman–Crippen LogP) is 3.96. The predicted molar refractivity (Wildman–Crippen MR) is 74.3 cm³/mol. The lowest BCUT2D eigenvalue weighted by Gasteiger charge is -2.11. The molecule has 0 N–H and O–H groups in total. The second-order valence-electron chi connectivity index (χ2n) is 5.13. The molecule has 0 bridgehead atoms. The Morgan fingerprint density at radius 1 is 1.04 bits per heavy atom. The Labute approximate surface area is 133 Å². The highest BCUT2D eigenvalue weighted by atomic mass is 35.5. The van der Waals surface area contributed by atoms with Crippen LogP contribution in [0.5, 0.6) is 0 Å². The summed E-state index contributed by atoms with van der Waals surface area (Å²) in [7, 11) is 0. The van der Waals surface area contributed by atoms with Crippen LogP contribution >= 0.6 is 11.6 Å². The monoisotopic (exact) mass is 344 g/mol. The molecule has 0 saturated carbocycles. The number of rotatable bonds is 4. The van der Waals surface area contributed by atoms with E-state index in [1.165, 1.54) is 0 Å². The Bertz CT molecular complexity index is 796. The summed E-state index contributed by atoms with van der Waals surface area (Å²) in [6.45, 7) is 0. The van der Waals surface area contributed by atoms with Gasteiger partial charge in [-0.1, -0.05) is 0 Å². The number of carbonyl (C=O) groups is 1. The Balaban J connectivity index is 1.98. The van der Waals surface area contributed by atoms with Crippen molar-refractivity contribution in [3.05, 3.63) is 70.8 Å². The maximum atomic E-state index is 13.9. The van der Waals surface area contributed by atoms with Crippen LogP contribution in [-0.4, -0.2) is 17.8 Å². The molecular formula is C16H9ClF4O2. The molecule has 0 radical (unpaired) electrons. The first kappa shape index (κ1) is 16.0. The summed E-state index contributed by atoms with van der Waals surface area (Å²) in [4.78, 5) is 12.3. The van der Waals surface area contributed by atoms with Crippen LogP contribution in [0.15, 0.2) is 36.4 Å². The number of Topliss-reactive ketones (excluding diaryl/α,β-unsaturated/α-hetero) is 1. The van der Waals surface area contributed by atoms with Gasteiger partial charge in [-0.25, -0.2) is 17.6 Å². The smallest absolute Gasteiger partial charge is 0.198 e. The molecule has 0 aliphatic carbocycles. The second-order valence-corrected chi connectivity index (χ2v) is 5.40. The molecule has 2 atom stereocenters. The van der Waals surface area contributed by atoms with Crippen LogP contribution in [0.4, 0.5) is 17.6 Å². The van der Waals surface area contributed by atoms with Crippen LogP contribution in [-0.2, 0) is 10.3 Å². The van der Waals surface area contributed by atoms with Crippen LogP contribution in [0.3, 0.4) is 0 Å². The van der Waals surface area contributed by atoms with Gasteiger partial charge >= 0.3 is 0 Å². The van der Waals surface area contributed by atoms with Crippen LogP contribution in [0, 0.1) is 23.3 Å². The summed E-state index contributed by atoms with van der Waals surface area (Å²) in [5.41, 5.74) is -2.36. The van der Waals surface area contributed by atoms with E-state index in [0.717, 1.165) is 36.4 Å². The van der Waals surface area contributed by atoms with Crippen molar-refractivity contribution in [2.45, 2.75) is 11.7 Å². The average Bonchev–Trinajstić information content (AvgIpc) is 3.27. The van der Waals surface area contributed by atoms with Crippen molar-refractivity contribution in [3.8, 4) is 0 Å². The van der Waals surface area contributed by atoms with Crippen molar-refractivity contribution in [2.75, 3.05) is 5.88 Å². The Morgan fingerprint density at radius 2 is 1.65 bits per heavy atom. The molecule has 1 aliphatic heterocycles. The number of epoxide rings is 1. The van der Waals surface area contributed by atoms with E-state index >= 15 is 0 Å². The fourth-order valence-corrected chi connectivity index (χ4v) is 2.82. The van der Waals surface area contributed by atoms with E-state index in [-0.39, 0.29) is 11.4 Å². The topological polar surface area (TPSA) is 29.6 Å². The molecule has 2 nitrogen and oxygen atoms in total. The highest BCUT2D eigenvalue weighted by molar-refractivity contribution is 6.19. The molecule has 2 aromatic carbocycles. The van der Waals surface area contributed by atoms with Crippen molar-refractivity contribution in [2.24, 2.45) is 0 Å². The quantitative estimate of drug-likeness (QED) is 0.364. The molecule has 1 aliphatic rings. The minimum absolute atomic E-state index is 0.234. The first-order valence-corrected chi connectivity index (χ1v) is 7.11. The molecule has 0 amide bonds. The number of ether oxygens (including phenoxy) is 1. The third kappa shape index (κ3) is 2.62. The van der Waals surface area contributed by atoms with Gasteiger partial charge in [0.1, 0.15) is 28.9 Å². The Hall–Kier alpha value is -1.92.